The van der Waals surface area contributed by atoms with Crippen LogP contribution < -0.4 is 16.6 Å². The van der Waals surface area contributed by atoms with Crippen LogP contribution in [0.25, 0.3) is 0 Å². The summed E-state index contributed by atoms with van der Waals surface area (Å²) in [7, 11) is 0. The molecule has 7 heteroatoms. The van der Waals surface area contributed by atoms with Crippen molar-refractivity contribution in [3.8, 4) is 0 Å². The number of hydrogen-bond donors (Lipinski definition) is 4. The van der Waals surface area contributed by atoms with Gasteiger partial charge >= 0.3 is 0 Å². The number of aliphatic hydroxyl groups excluding tert-OH is 1. The number of nitrogens with two attached hydrogens (primary N) is 1. The lowest BCUT2D eigenvalue weighted by atomic mass is 10.4. The first-order chi connectivity index (χ1) is 7.25. The lowest BCUT2D eigenvalue weighted by Crippen LogP contribution is -2.18. The molecule has 0 aliphatic heterocycles. The van der Waals surface area contributed by atoms with E-state index in [2.05, 4.69) is 15.3 Å². The molecule has 0 aliphatic rings. The molecule has 1 heterocycles. The van der Waals surface area contributed by atoms with Gasteiger partial charge in [-0.1, -0.05) is 0 Å². The molecular weight excluding hydrogens is 200 g/mol. The summed E-state index contributed by atoms with van der Waals surface area (Å²) in [5, 5.41) is 11.3. The molecule has 1 rings (SSSR count). The van der Waals surface area contributed by atoms with Crippen LogP contribution in [-0.4, -0.2) is 41.4 Å². The van der Waals surface area contributed by atoms with Gasteiger partial charge in [-0.15, -0.1) is 0 Å². The van der Waals surface area contributed by atoms with Gasteiger partial charge in [0.15, 0.2) is 5.82 Å². The molecule has 1 aromatic heterocycles. The summed E-state index contributed by atoms with van der Waals surface area (Å²) in [5.41, 5.74) is 5.16. The van der Waals surface area contributed by atoms with Crippen molar-refractivity contribution >= 4 is 11.5 Å². The van der Waals surface area contributed by atoms with E-state index in [9.17, 15) is 4.79 Å². The third-order valence-electron chi connectivity index (χ3n) is 1.66. The lowest BCUT2D eigenvalue weighted by molar-refractivity contribution is 0.0992. The van der Waals surface area contributed by atoms with Gasteiger partial charge < -0.3 is 25.9 Å². The Morgan fingerprint density at radius 1 is 1.60 bits per heavy atom. The lowest BCUT2D eigenvalue weighted by Gasteiger charge is -2.06. The highest BCUT2D eigenvalue weighted by Crippen LogP contribution is 2.05. The number of nitrogens with one attached hydrogen (secondary N) is 2. The second-order valence-corrected chi connectivity index (χ2v) is 2.76. The van der Waals surface area contributed by atoms with Crippen LogP contribution in [0.15, 0.2) is 11.1 Å². The van der Waals surface area contributed by atoms with E-state index in [-0.39, 0.29) is 17.9 Å². The highest BCUT2D eigenvalue weighted by Gasteiger charge is 2.02. The van der Waals surface area contributed by atoms with Gasteiger partial charge in [0.05, 0.1) is 26.1 Å². The highest BCUT2D eigenvalue weighted by molar-refractivity contribution is 5.58. The van der Waals surface area contributed by atoms with E-state index in [0.29, 0.717) is 25.6 Å². The Balaban J connectivity index is 2.38. The second kappa shape index (κ2) is 5.99. The van der Waals surface area contributed by atoms with Crippen molar-refractivity contribution in [2.24, 2.45) is 0 Å². The van der Waals surface area contributed by atoms with Crippen molar-refractivity contribution in [1.82, 2.24) is 9.97 Å². The molecular formula is C8H14N4O3. The fourth-order valence-electron chi connectivity index (χ4n) is 0.959. The molecule has 1 aromatic rings. The predicted octanol–water partition coefficient (Wildman–Crippen LogP) is -1.23. The monoisotopic (exact) mass is 214 g/mol. The minimum absolute atomic E-state index is 0.00854. The van der Waals surface area contributed by atoms with E-state index in [1.54, 1.807) is 0 Å². The Morgan fingerprint density at radius 3 is 3.13 bits per heavy atom. The maximum atomic E-state index is 11.1. The van der Waals surface area contributed by atoms with Gasteiger partial charge in [0.25, 0.3) is 5.56 Å². The largest absolute Gasteiger partial charge is 0.394 e. The number of rotatable bonds is 6. The summed E-state index contributed by atoms with van der Waals surface area (Å²) >= 11 is 0. The van der Waals surface area contributed by atoms with Crippen LogP contribution in [0.1, 0.15) is 0 Å². The van der Waals surface area contributed by atoms with Gasteiger partial charge in [0.1, 0.15) is 5.69 Å². The van der Waals surface area contributed by atoms with Crippen LogP contribution >= 0.6 is 0 Å². The zero-order chi connectivity index (χ0) is 11.1. The predicted molar refractivity (Wildman–Crippen MR) is 55.7 cm³/mol. The van der Waals surface area contributed by atoms with E-state index in [4.69, 9.17) is 15.6 Å². The number of aromatic nitrogens is 2. The van der Waals surface area contributed by atoms with Gasteiger partial charge in [-0.25, -0.2) is 4.98 Å². The fraction of sp³-hybridized carbons (Fsp3) is 0.500. The molecule has 0 aromatic carbocycles. The molecule has 0 amide bonds. The first kappa shape index (κ1) is 11.5. The Morgan fingerprint density at radius 2 is 2.40 bits per heavy atom. The van der Waals surface area contributed by atoms with Crippen LogP contribution in [0.2, 0.25) is 0 Å². The summed E-state index contributed by atoms with van der Waals surface area (Å²) in [4.78, 5) is 17.3. The number of aromatic amines is 1. The molecule has 15 heavy (non-hydrogen) atoms. The average Bonchev–Trinajstić information content (AvgIpc) is 2.24. The molecule has 0 spiro atoms. The quantitative estimate of drug-likeness (QED) is 0.441. The van der Waals surface area contributed by atoms with Crippen molar-refractivity contribution in [3.05, 3.63) is 16.7 Å². The third kappa shape index (κ3) is 3.56. The van der Waals surface area contributed by atoms with Crippen LogP contribution in [-0.2, 0) is 4.74 Å². The second-order valence-electron chi connectivity index (χ2n) is 2.76. The topological polar surface area (TPSA) is 113 Å². The van der Waals surface area contributed by atoms with Crippen molar-refractivity contribution in [1.29, 1.82) is 0 Å². The number of anilines is 2. The number of hydrogen-bond acceptors (Lipinski definition) is 6. The summed E-state index contributed by atoms with van der Waals surface area (Å²) < 4.78 is 5.01. The van der Waals surface area contributed by atoms with Gasteiger partial charge in [0.2, 0.25) is 0 Å². The first-order valence-corrected chi connectivity index (χ1v) is 4.51. The Hall–Kier alpha value is -1.60. The van der Waals surface area contributed by atoms with Gasteiger partial charge in [-0.3, -0.25) is 4.79 Å². The smallest absolute Gasteiger partial charge is 0.276 e. The molecule has 0 saturated carbocycles. The average molecular weight is 214 g/mol. The van der Waals surface area contributed by atoms with Crippen molar-refractivity contribution in [2.45, 2.75) is 0 Å². The molecule has 7 nitrogen and oxygen atoms in total. The molecule has 0 fully saturated rings. The zero-order valence-corrected chi connectivity index (χ0v) is 8.19. The normalized spacial score (nSPS) is 10.2. The number of H-pyrrole nitrogens is 1. The zero-order valence-electron chi connectivity index (χ0n) is 8.19. The van der Waals surface area contributed by atoms with Crippen LogP contribution in [0.5, 0.6) is 0 Å². The molecule has 0 saturated heterocycles. The van der Waals surface area contributed by atoms with E-state index < -0.39 is 0 Å². The van der Waals surface area contributed by atoms with Gasteiger partial charge in [0, 0.05) is 6.54 Å². The number of ether oxygens (including phenoxy) is 1. The van der Waals surface area contributed by atoms with Crippen LogP contribution in [0.3, 0.4) is 0 Å². The van der Waals surface area contributed by atoms with Gasteiger partial charge in [-0.05, 0) is 0 Å². The fourth-order valence-corrected chi connectivity index (χ4v) is 0.959. The molecule has 0 radical (unpaired) electrons. The maximum absolute atomic E-state index is 11.1. The number of aliphatic hydroxyl groups is 1. The summed E-state index contributed by atoms with van der Waals surface area (Å²) in [6.07, 6.45) is 1.27. The molecule has 5 N–H and O–H groups in total. The summed E-state index contributed by atoms with van der Waals surface area (Å²) in [5.74, 6) is 0.339. The van der Waals surface area contributed by atoms with Crippen molar-refractivity contribution in [3.63, 3.8) is 0 Å². The van der Waals surface area contributed by atoms with Gasteiger partial charge in [-0.2, -0.15) is 0 Å². The standard InChI is InChI=1S/C8H14N4O3/c9-6-7(11-5-12-8(6)14)10-1-3-15-4-2-13/h5,13H,1-4,9H2,(H2,10,11,12,14). The molecule has 84 valence electrons. The number of nitrogen functional groups attached to an aromatic ring is 1. The Kier molecular flexibility index (Phi) is 4.58. The van der Waals surface area contributed by atoms with Crippen LogP contribution in [0.4, 0.5) is 11.5 Å². The molecule has 0 aliphatic carbocycles. The van der Waals surface area contributed by atoms with E-state index in [0.717, 1.165) is 0 Å². The van der Waals surface area contributed by atoms with Crippen molar-refractivity contribution < 1.29 is 9.84 Å². The Bertz CT molecular complexity index is 352. The molecule has 0 atom stereocenters. The van der Waals surface area contributed by atoms with E-state index in [1.807, 2.05) is 0 Å². The first-order valence-electron chi connectivity index (χ1n) is 4.51. The number of nitrogens with zero attached hydrogens (tertiary/aromatic N) is 1. The highest BCUT2D eigenvalue weighted by atomic mass is 16.5. The summed E-state index contributed by atoms with van der Waals surface area (Å²) in [6, 6.07) is 0. The Labute approximate surface area is 86.3 Å². The van der Waals surface area contributed by atoms with Crippen molar-refractivity contribution in [2.75, 3.05) is 37.4 Å². The SMILES string of the molecule is Nc1c(NCCOCCO)nc[nH]c1=O. The maximum Gasteiger partial charge on any atom is 0.276 e. The third-order valence-corrected chi connectivity index (χ3v) is 1.66. The van der Waals surface area contributed by atoms with E-state index >= 15 is 0 Å². The van der Waals surface area contributed by atoms with Crippen LogP contribution in [0, 0.1) is 0 Å². The molecule has 0 bridgehead atoms. The minimum Gasteiger partial charge on any atom is -0.394 e. The molecule has 0 unspecified atom stereocenters. The summed E-state index contributed by atoms with van der Waals surface area (Å²) in [6.45, 7) is 1.17. The minimum atomic E-state index is -0.372. The van der Waals surface area contributed by atoms with E-state index in [1.165, 1.54) is 6.33 Å².